The van der Waals surface area contributed by atoms with Gasteiger partial charge in [0, 0.05) is 22.6 Å². The van der Waals surface area contributed by atoms with Crippen LogP contribution in [0.3, 0.4) is 0 Å². The molecule has 1 aromatic heterocycles. The van der Waals surface area contributed by atoms with E-state index >= 15 is 0 Å². The lowest BCUT2D eigenvalue weighted by Crippen LogP contribution is -2.10. The van der Waals surface area contributed by atoms with Crippen LogP contribution in [0.25, 0.3) is 10.9 Å². The lowest BCUT2D eigenvalue weighted by atomic mass is 10.1. The summed E-state index contributed by atoms with van der Waals surface area (Å²) in [5.41, 5.74) is 4.11. The number of hydrogen-bond donors (Lipinski definition) is 1. The Labute approximate surface area is 105 Å². The highest BCUT2D eigenvalue weighted by Gasteiger charge is 2.12. The molecule has 86 valence electrons. The molecular formula is C13H17BrN2. The van der Waals surface area contributed by atoms with E-state index in [1.165, 1.54) is 26.6 Å². The standard InChI is InChI=1S/C13H17BrN2/c1-9-10(7-8-15-2)11-5-4-6-12(14)13(11)16(9)3/h4-6,15H,7-8H2,1-3H3. The SMILES string of the molecule is CNCCc1c(C)n(C)c2c(Br)cccc12. The number of nitrogens with zero attached hydrogens (tertiary/aromatic N) is 1. The van der Waals surface area contributed by atoms with E-state index in [2.05, 4.69) is 58.0 Å². The summed E-state index contributed by atoms with van der Waals surface area (Å²) in [7, 11) is 4.13. The average molecular weight is 281 g/mol. The summed E-state index contributed by atoms with van der Waals surface area (Å²) in [6, 6.07) is 6.41. The molecule has 0 unspecified atom stereocenters. The largest absolute Gasteiger partial charge is 0.347 e. The van der Waals surface area contributed by atoms with Crippen LogP contribution in [-0.4, -0.2) is 18.2 Å². The summed E-state index contributed by atoms with van der Waals surface area (Å²) in [6.07, 6.45) is 1.08. The van der Waals surface area contributed by atoms with Gasteiger partial charge in [0.15, 0.2) is 0 Å². The third kappa shape index (κ3) is 1.78. The Bertz CT molecular complexity index is 514. The van der Waals surface area contributed by atoms with E-state index in [9.17, 15) is 0 Å². The quantitative estimate of drug-likeness (QED) is 0.915. The number of aryl methyl sites for hydroxylation is 1. The highest BCUT2D eigenvalue weighted by Crippen LogP contribution is 2.30. The second-order valence-electron chi connectivity index (χ2n) is 4.11. The zero-order valence-corrected chi connectivity index (χ0v) is 11.6. The second kappa shape index (κ2) is 4.60. The van der Waals surface area contributed by atoms with E-state index in [1.807, 2.05) is 7.05 Å². The van der Waals surface area contributed by atoms with Crippen LogP contribution in [0.5, 0.6) is 0 Å². The third-order valence-electron chi connectivity index (χ3n) is 3.21. The fourth-order valence-electron chi connectivity index (χ4n) is 2.23. The predicted molar refractivity (Wildman–Crippen MR) is 73.0 cm³/mol. The van der Waals surface area contributed by atoms with E-state index in [4.69, 9.17) is 0 Å². The van der Waals surface area contributed by atoms with Crippen molar-refractivity contribution in [1.29, 1.82) is 0 Å². The third-order valence-corrected chi connectivity index (χ3v) is 3.85. The zero-order valence-electron chi connectivity index (χ0n) is 9.97. The van der Waals surface area contributed by atoms with Gasteiger partial charge in [-0.15, -0.1) is 0 Å². The first kappa shape index (κ1) is 11.7. The molecule has 2 nitrogen and oxygen atoms in total. The maximum absolute atomic E-state index is 3.63. The van der Waals surface area contributed by atoms with E-state index in [1.54, 1.807) is 0 Å². The first-order valence-corrected chi connectivity index (χ1v) is 6.33. The fraction of sp³-hybridized carbons (Fsp3) is 0.385. The van der Waals surface area contributed by atoms with Crippen molar-refractivity contribution in [2.24, 2.45) is 7.05 Å². The Hall–Kier alpha value is -0.800. The van der Waals surface area contributed by atoms with Crippen molar-refractivity contribution < 1.29 is 0 Å². The van der Waals surface area contributed by atoms with Gasteiger partial charge in [-0.2, -0.15) is 0 Å². The molecule has 0 aliphatic rings. The molecule has 16 heavy (non-hydrogen) atoms. The van der Waals surface area contributed by atoms with E-state index in [0.29, 0.717) is 0 Å². The van der Waals surface area contributed by atoms with Crippen molar-refractivity contribution in [2.45, 2.75) is 13.3 Å². The molecule has 0 atom stereocenters. The molecule has 0 spiro atoms. The molecule has 0 radical (unpaired) electrons. The fourth-order valence-corrected chi connectivity index (χ4v) is 2.86. The molecule has 1 aromatic carbocycles. The number of para-hydroxylation sites is 1. The number of nitrogens with one attached hydrogen (secondary N) is 1. The maximum Gasteiger partial charge on any atom is 0.0627 e. The minimum Gasteiger partial charge on any atom is -0.347 e. The molecular weight excluding hydrogens is 264 g/mol. The summed E-state index contributed by atoms with van der Waals surface area (Å²) >= 11 is 3.63. The minimum atomic E-state index is 1.02. The lowest BCUT2D eigenvalue weighted by molar-refractivity contribution is 0.783. The molecule has 0 aliphatic carbocycles. The van der Waals surface area contributed by atoms with E-state index in [0.717, 1.165) is 13.0 Å². The summed E-state index contributed by atoms with van der Waals surface area (Å²) in [6.45, 7) is 3.21. The molecule has 0 fully saturated rings. The van der Waals surface area contributed by atoms with Gasteiger partial charge in [0.05, 0.1) is 5.52 Å². The minimum absolute atomic E-state index is 1.02. The summed E-state index contributed by atoms with van der Waals surface area (Å²) in [5.74, 6) is 0. The summed E-state index contributed by atoms with van der Waals surface area (Å²) < 4.78 is 3.44. The van der Waals surface area contributed by atoms with Crippen LogP contribution >= 0.6 is 15.9 Å². The number of benzene rings is 1. The molecule has 2 rings (SSSR count). The Kier molecular flexibility index (Phi) is 3.36. The van der Waals surface area contributed by atoms with Crippen LogP contribution in [0.2, 0.25) is 0 Å². The smallest absolute Gasteiger partial charge is 0.0627 e. The number of rotatable bonds is 3. The van der Waals surface area contributed by atoms with Gasteiger partial charge in [0.2, 0.25) is 0 Å². The number of hydrogen-bond acceptors (Lipinski definition) is 1. The molecule has 3 heteroatoms. The highest BCUT2D eigenvalue weighted by molar-refractivity contribution is 9.10. The highest BCUT2D eigenvalue weighted by atomic mass is 79.9. The van der Waals surface area contributed by atoms with Crippen molar-refractivity contribution in [3.8, 4) is 0 Å². The Morgan fingerprint density at radius 2 is 2.12 bits per heavy atom. The van der Waals surface area contributed by atoms with E-state index < -0.39 is 0 Å². The van der Waals surface area contributed by atoms with Gasteiger partial charge in [-0.05, 0) is 54.5 Å². The average Bonchev–Trinajstić information content (AvgIpc) is 2.51. The summed E-state index contributed by atoms with van der Waals surface area (Å²) in [5, 5.41) is 4.58. The number of fused-ring (bicyclic) bond motifs is 1. The molecule has 2 aromatic rings. The van der Waals surface area contributed by atoms with Crippen LogP contribution in [0.4, 0.5) is 0 Å². The van der Waals surface area contributed by atoms with Gasteiger partial charge >= 0.3 is 0 Å². The van der Waals surface area contributed by atoms with Gasteiger partial charge in [0.25, 0.3) is 0 Å². The monoisotopic (exact) mass is 280 g/mol. The van der Waals surface area contributed by atoms with Crippen LogP contribution in [-0.2, 0) is 13.5 Å². The van der Waals surface area contributed by atoms with Crippen LogP contribution in [0.15, 0.2) is 22.7 Å². The van der Waals surface area contributed by atoms with Crippen LogP contribution in [0.1, 0.15) is 11.3 Å². The van der Waals surface area contributed by atoms with Crippen molar-refractivity contribution >= 4 is 26.8 Å². The van der Waals surface area contributed by atoms with Crippen molar-refractivity contribution in [3.05, 3.63) is 33.9 Å². The topological polar surface area (TPSA) is 17.0 Å². The van der Waals surface area contributed by atoms with Gasteiger partial charge in [0.1, 0.15) is 0 Å². The first-order chi connectivity index (χ1) is 7.66. The first-order valence-electron chi connectivity index (χ1n) is 5.53. The van der Waals surface area contributed by atoms with E-state index in [-0.39, 0.29) is 0 Å². The van der Waals surface area contributed by atoms with Crippen molar-refractivity contribution in [2.75, 3.05) is 13.6 Å². The molecule has 0 saturated carbocycles. The van der Waals surface area contributed by atoms with Crippen molar-refractivity contribution in [1.82, 2.24) is 9.88 Å². The van der Waals surface area contributed by atoms with Gasteiger partial charge < -0.3 is 9.88 Å². The Morgan fingerprint density at radius 1 is 1.38 bits per heavy atom. The molecule has 1 heterocycles. The van der Waals surface area contributed by atoms with Gasteiger partial charge in [-0.25, -0.2) is 0 Å². The van der Waals surface area contributed by atoms with Crippen LogP contribution in [0, 0.1) is 6.92 Å². The maximum atomic E-state index is 3.63. The Morgan fingerprint density at radius 3 is 2.81 bits per heavy atom. The number of halogens is 1. The second-order valence-corrected chi connectivity index (χ2v) is 4.97. The van der Waals surface area contributed by atoms with Crippen molar-refractivity contribution in [3.63, 3.8) is 0 Å². The molecule has 0 aliphatic heterocycles. The number of likely N-dealkylation sites (N-methyl/N-ethyl adjacent to an activating group) is 1. The van der Waals surface area contributed by atoms with Gasteiger partial charge in [-0.3, -0.25) is 0 Å². The molecule has 0 saturated heterocycles. The zero-order chi connectivity index (χ0) is 11.7. The molecule has 1 N–H and O–H groups in total. The number of aromatic nitrogens is 1. The predicted octanol–water partition coefficient (Wildman–Crippen LogP) is 3.01. The summed E-state index contributed by atoms with van der Waals surface area (Å²) in [4.78, 5) is 0. The Balaban J connectivity index is 2.64. The molecule has 0 amide bonds. The molecule has 0 bridgehead atoms. The van der Waals surface area contributed by atoms with Crippen LogP contribution < -0.4 is 5.32 Å². The normalized spacial score (nSPS) is 11.2. The van der Waals surface area contributed by atoms with Gasteiger partial charge in [-0.1, -0.05) is 12.1 Å². The lowest BCUT2D eigenvalue weighted by Gasteiger charge is -2.01.